The molecule has 2 heterocycles. The maximum atomic E-state index is 12.8. The van der Waals surface area contributed by atoms with E-state index >= 15 is 0 Å². The van der Waals surface area contributed by atoms with Gasteiger partial charge in [0.15, 0.2) is 0 Å². The van der Waals surface area contributed by atoms with Crippen molar-refractivity contribution in [1.29, 1.82) is 0 Å². The molecule has 0 unspecified atom stereocenters. The lowest BCUT2D eigenvalue weighted by Crippen LogP contribution is -2.15. The van der Waals surface area contributed by atoms with Gasteiger partial charge in [0.2, 0.25) is 10.8 Å². The Labute approximate surface area is 104 Å². The zero-order chi connectivity index (χ0) is 12.7. The van der Waals surface area contributed by atoms with E-state index in [2.05, 4.69) is 15.3 Å². The maximum absolute atomic E-state index is 12.8. The van der Waals surface area contributed by atoms with Crippen LogP contribution >= 0.6 is 11.3 Å². The van der Waals surface area contributed by atoms with Crippen molar-refractivity contribution < 1.29 is 9.18 Å². The number of carbonyl (C=O) groups excluding carboxylic acids is 1. The highest BCUT2D eigenvalue weighted by Gasteiger charge is 2.16. The molecule has 18 heavy (non-hydrogen) atoms. The van der Waals surface area contributed by atoms with Crippen LogP contribution < -0.4 is 5.73 Å². The van der Waals surface area contributed by atoms with Gasteiger partial charge in [0.1, 0.15) is 10.8 Å². The number of nitrogens with zero attached hydrogens (tertiary/aromatic N) is 4. The van der Waals surface area contributed by atoms with Crippen molar-refractivity contribution in [3.8, 4) is 10.6 Å². The van der Waals surface area contributed by atoms with Crippen molar-refractivity contribution in [2.75, 3.05) is 0 Å². The molecule has 1 aromatic carbocycles. The number of primary amides is 1. The van der Waals surface area contributed by atoms with Crippen molar-refractivity contribution in [1.82, 2.24) is 19.8 Å². The SMILES string of the molecule is NC(=O)c1nnc2sc(-c3ccc(F)cc3)nn12. The van der Waals surface area contributed by atoms with Crippen LogP contribution in [-0.2, 0) is 0 Å². The molecule has 1 amide bonds. The number of hydrogen-bond acceptors (Lipinski definition) is 5. The predicted octanol–water partition coefficient (Wildman–Crippen LogP) is 1.09. The summed E-state index contributed by atoms with van der Waals surface area (Å²) in [4.78, 5) is 11.5. The van der Waals surface area contributed by atoms with Gasteiger partial charge in [0.05, 0.1) is 0 Å². The quantitative estimate of drug-likeness (QED) is 0.749. The van der Waals surface area contributed by atoms with Crippen LogP contribution in [0.15, 0.2) is 24.3 Å². The second-order valence-corrected chi connectivity index (χ2v) is 4.45. The van der Waals surface area contributed by atoms with Gasteiger partial charge in [-0.1, -0.05) is 11.3 Å². The molecule has 8 heteroatoms. The lowest BCUT2D eigenvalue weighted by Gasteiger charge is -1.94. The maximum Gasteiger partial charge on any atom is 0.288 e. The van der Waals surface area contributed by atoms with Crippen molar-refractivity contribution >= 4 is 22.2 Å². The molecule has 0 atom stereocenters. The first-order valence-electron chi connectivity index (χ1n) is 4.93. The Morgan fingerprint density at radius 1 is 1.28 bits per heavy atom. The minimum Gasteiger partial charge on any atom is -0.363 e. The van der Waals surface area contributed by atoms with E-state index in [4.69, 9.17) is 5.73 Å². The summed E-state index contributed by atoms with van der Waals surface area (Å²) in [6.07, 6.45) is 0. The van der Waals surface area contributed by atoms with Gasteiger partial charge in [-0.05, 0) is 24.3 Å². The van der Waals surface area contributed by atoms with Crippen molar-refractivity contribution in [2.45, 2.75) is 0 Å². The van der Waals surface area contributed by atoms with Gasteiger partial charge < -0.3 is 5.73 Å². The summed E-state index contributed by atoms with van der Waals surface area (Å²) in [6.45, 7) is 0. The Morgan fingerprint density at radius 2 is 2.00 bits per heavy atom. The summed E-state index contributed by atoms with van der Waals surface area (Å²) in [6, 6.07) is 5.88. The van der Waals surface area contributed by atoms with E-state index in [0.29, 0.717) is 9.97 Å². The Kier molecular flexibility index (Phi) is 2.30. The number of benzene rings is 1. The normalized spacial score (nSPS) is 10.9. The lowest BCUT2D eigenvalue weighted by molar-refractivity contribution is 0.0988. The van der Waals surface area contributed by atoms with E-state index in [1.165, 1.54) is 28.0 Å². The topological polar surface area (TPSA) is 86.2 Å². The van der Waals surface area contributed by atoms with Crippen LogP contribution in [0, 0.1) is 5.82 Å². The van der Waals surface area contributed by atoms with Gasteiger partial charge in [0, 0.05) is 5.56 Å². The minimum atomic E-state index is -0.696. The number of carbonyl (C=O) groups is 1. The van der Waals surface area contributed by atoms with Gasteiger partial charge >= 0.3 is 0 Å². The van der Waals surface area contributed by atoms with Crippen LogP contribution in [0.25, 0.3) is 15.5 Å². The Hall–Kier alpha value is -2.35. The third kappa shape index (κ3) is 1.63. The molecule has 6 nitrogen and oxygen atoms in total. The van der Waals surface area contributed by atoms with E-state index in [0.717, 1.165) is 5.56 Å². The van der Waals surface area contributed by atoms with Gasteiger partial charge in [-0.15, -0.1) is 10.2 Å². The van der Waals surface area contributed by atoms with Crippen LogP contribution in [0.4, 0.5) is 4.39 Å². The molecule has 3 aromatic rings. The average Bonchev–Trinajstić information content (AvgIpc) is 2.88. The van der Waals surface area contributed by atoms with Crippen molar-refractivity contribution in [3.05, 3.63) is 35.9 Å². The zero-order valence-electron chi connectivity index (χ0n) is 8.87. The number of amides is 1. The fourth-order valence-corrected chi connectivity index (χ4v) is 2.32. The largest absolute Gasteiger partial charge is 0.363 e. The molecule has 0 saturated carbocycles. The summed E-state index contributed by atoms with van der Waals surface area (Å²) < 4.78 is 14.1. The Balaban J connectivity index is 2.13. The molecule has 0 aliphatic rings. The molecule has 0 aliphatic heterocycles. The highest BCUT2D eigenvalue weighted by molar-refractivity contribution is 7.19. The van der Waals surface area contributed by atoms with E-state index in [1.54, 1.807) is 12.1 Å². The molecule has 3 rings (SSSR count). The summed E-state index contributed by atoms with van der Waals surface area (Å²) >= 11 is 1.24. The number of rotatable bonds is 2. The van der Waals surface area contributed by atoms with Crippen LogP contribution in [0.3, 0.4) is 0 Å². The molecule has 0 saturated heterocycles. The van der Waals surface area contributed by atoms with E-state index in [9.17, 15) is 9.18 Å². The van der Waals surface area contributed by atoms with Crippen LogP contribution in [0.2, 0.25) is 0 Å². The first kappa shape index (κ1) is 10.8. The third-order valence-electron chi connectivity index (χ3n) is 2.30. The minimum absolute atomic E-state index is 0.0189. The molecule has 90 valence electrons. The monoisotopic (exact) mass is 263 g/mol. The van der Waals surface area contributed by atoms with Crippen LogP contribution in [-0.4, -0.2) is 25.7 Å². The predicted molar refractivity (Wildman–Crippen MR) is 62.6 cm³/mol. The van der Waals surface area contributed by atoms with Gasteiger partial charge in [0.25, 0.3) is 5.91 Å². The summed E-state index contributed by atoms with van der Waals surface area (Å²) in [5.74, 6) is -1.03. The Bertz CT molecular complexity index is 732. The molecule has 2 aromatic heterocycles. The summed E-state index contributed by atoms with van der Waals surface area (Å²) in [5.41, 5.74) is 5.88. The average molecular weight is 263 g/mol. The van der Waals surface area contributed by atoms with E-state index in [1.807, 2.05) is 0 Å². The number of hydrogen-bond donors (Lipinski definition) is 1. The molecule has 0 fully saturated rings. The second-order valence-electron chi connectivity index (χ2n) is 3.50. The molecule has 0 spiro atoms. The molecular weight excluding hydrogens is 257 g/mol. The number of aromatic nitrogens is 4. The number of nitrogens with two attached hydrogens (primary N) is 1. The smallest absolute Gasteiger partial charge is 0.288 e. The fourth-order valence-electron chi connectivity index (χ4n) is 1.48. The number of fused-ring (bicyclic) bond motifs is 1. The van der Waals surface area contributed by atoms with Gasteiger partial charge in [-0.2, -0.15) is 9.61 Å². The lowest BCUT2D eigenvalue weighted by atomic mass is 10.2. The highest BCUT2D eigenvalue weighted by atomic mass is 32.1. The first-order chi connectivity index (χ1) is 8.65. The summed E-state index contributed by atoms with van der Waals surface area (Å²) in [5, 5.41) is 12.2. The molecule has 0 radical (unpaired) electrons. The van der Waals surface area contributed by atoms with Crippen LogP contribution in [0.5, 0.6) is 0 Å². The first-order valence-corrected chi connectivity index (χ1v) is 5.75. The summed E-state index contributed by atoms with van der Waals surface area (Å²) in [7, 11) is 0. The molecule has 2 N–H and O–H groups in total. The zero-order valence-corrected chi connectivity index (χ0v) is 9.69. The van der Waals surface area contributed by atoms with E-state index in [-0.39, 0.29) is 11.6 Å². The highest BCUT2D eigenvalue weighted by Crippen LogP contribution is 2.25. The van der Waals surface area contributed by atoms with Crippen molar-refractivity contribution in [2.24, 2.45) is 5.73 Å². The van der Waals surface area contributed by atoms with Gasteiger partial charge in [-0.25, -0.2) is 4.39 Å². The fraction of sp³-hybridized carbons (Fsp3) is 0. The standard InChI is InChI=1S/C10H6FN5OS/c11-6-3-1-5(2-4-6)9-15-16-8(7(12)17)13-14-10(16)18-9/h1-4H,(H2,12,17). The van der Waals surface area contributed by atoms with Gasteiger partial charge in [-0.3, -0.25) is 4.79 Å². The molecule has 0 bridgehead atoms. The Morgan fingerprint density at radius 3 is 2.67 bits per heavy atom. The van der Waals surface area contributed by atoms with E-state index < -0.39 is 5.91 Å². The van der Waals surface area contributed by atoms with Crippen LogP contribution in [0.1, 0.15) is 10.6 Å². The van der Waals surface area contributed by atoms with Crippen molar-refractivity contribution in [3.63, 3.8) is 0 Å². The molecule has 0 aliphatic carbocycles. The number of halogens is 1. The third-order valence-corrected chi connectivity index (χ3v) is 3.25. The second kappa shape index (κ2) is 3.84. The molecular formula is C10H6FN5OS.